The van der Waals surface area contributed by atoms with Crippen molar-refractivity contribution in [1.29, 1.82) is 0 Å². The number of benzene rings is 1. The van der Waals surface area contributed by atoms with Gasteiger partial charge in [-0.1, -0.05) is 28.1 Å². The van der Waals surface area contributed by atoms with Crippen LogP contribution in [-0.2, 0) is 0 Å². The van der Waals surface area contributed by atoms with Crippen molar-refractivity contribution in [3.05, 3.63) is 34.3 Å². The number of hydrogen-bond acceptors (Lipinski definition) is 1. The highest BCUT2D eigenvalue weighted by molar-refractivity contribution is 9.10. The van der Waals surface area contributed by atoms with Gasteiger partial charge in [-0.05, 0) is 31.8 Å². The van der Waals surface area contributed by atoms with Gasteiger partial charge in [-0.25, -0.2) is 0 Å². The van der Waals surface area contributed by atoms with E-state index in [1.165, 1.54) is 26.2 Å². The first-order valence-electron chi connectivity index (χ1n) is 4.31. The van der Waals surface area contributed by atoms with Crippen LogP contribution in [0.2, 0.25) is 0 Å². The molecule has 0 saturated carbocycles. The van der Waals surface area contributed by atoms with E-state index in [-0.39, 0.29) is 5.56 Å². The molecule has 84 valence electrons. The Kier molecular flexibility index (Phi) is 3.78. The molecule has 1 aromatic carbocycles. The highest BCUT2D eigenvalue weighted by Gasteiger charge is 2.42. The molecule has 0 N–H and O–H groups in total. The van der Waals surface area contributed by atoms with E-state index in [1.807, 2.05) is 0 Å². The zero-order valence-corrected chi connectivity index (χ0v) is 9.93. The maximum Gasteiger partial charge on any atom is 0.408 e. The lowest BCUT2D eigenvalue weighted by atomic mass is 10.1. The third-order valence-electron chi connectivity index (χ3n) is 2.01. The Morgan fingerprint density at radius 3 is 1.93 bits per heavy atom. The molecule has 0 saturated heterocycles. The fraction of sp³-hybridized carbons (Fsp3) is 0.400. The Balaban J connectivity index is 3.05. The van der Waals surface area contributed by atoms with Crippen LogP contribution in [0.25, 0.3) is 0 Å². The van der Waals surface area contributed by atoms with Crippen molar-refractivity contribution in [1.82, 2.24) is 4.90 Å². The van der Waals surface area contributed by atoms with E-state index in [4.69, 9.17) is 0 Å². The molecular formula is C10H11BrF3N. The molecule has 0 aliphatic heterocycles. The molecule has 1 atom stereocenters. The number of alkyl halides is 3. The van der Waals surface area contributed by atoms with Crippen molar-refractivity contribution in [2.24, 2.45) is 0 Å². The van der Waals surface area contributed by atoms with Gasteiger partial charge in [0.05, 0.1) is 0 Å². The van der Waals surface area contributed by atoms with E-state index in [0.29, 0.717) is 0 Å². The average molecular weight is 282 g/mol. The molecule has 5 heteroatoms. The summed E-state index contributed by atoms with van der Waals surface area (Å²) in [6.07, 6.45) is -4.25. The first-order chi connectivity index (χ1) is 6.82. The molecule has 0 bridgehead atoms. The normalized spacial score (nSPS) is 14.3. The molecular weight excluding hydrogens is 271 g/mol. The molecule has 0 aliphatic rings. The van der Waals surface area contributed by atoms with Gasteiger partial charge in [0, 0.05) is 4.47 Å². The van der Waals surface area contributed by atoms with Gasteiger partial charge in [0.25, 0.3) is 0 Å². The standard InChI is InChI=1S/C10H11BrF3N/c1-15(2)9(10(12,13)14)7-3-5-8(11)6-4-7/h3-6,9H,1-2H3. The molecule has 15 heavy (non-hydrogen) atoms. The molecule has 0 aromatic heterocycles. The summed E-state index contributed by atoms with van der Waals surface area (Å²) in [5, 5.41) is 0. The van der Waals surface area contributed by atoms with Gasteiger partial charge in [-0.15, -0.1) is 0 Å². The lowest BCUT2D eigenvalue weighted by Crippen LogP contribution is -2.33. The second-order valence-electron chi connectivity index (χ2n) is 3.46. The summed E-state index contributed by atoms with van der Waals surface area (Å²) in [6, 6.07) is 4.62. The summed E-state index contributed by atoms with van der Waals surface area (Å²) >= 11 is 3.19. The molecule has 1 aromatic rings. The maximum absolute atomic E-state index is 12.7. The van der Waals surface area contributed by atoms with E-state index < -0.39 is 12.2 Å². The van der Waals surface area contributed by atoms with Crippen molar-refractivity contribution in [2.75, 3.05) is 14.1 Å². The zero-order valence-electron chi connectivity index (χ0n) is 8.35. The molecule has 0 spiro atoms. The number of hydrogen-bond donors (Lipinski definition) is 0. The van der Waals surface area contributed by atoms with Crippen molar-refractivity contribution in [2.45, 2.75) is 12.2 Å². The lowest BCUT2D eigenvalue weighted by molar-refractivity contribution is -0.179. The second kappa shape index (κ2) is 4.53. The first kappa shape index (κ1) is 12.5. The predicted molar refractivity (Wildman–Crippen MR) is 56.6 cm³/mol. The van der Waals surface area contributed by atoms with Gasteiger partial charge in [-0.2, -0.15) is 13.2 Å². The van der Waals surface area contributed by atoms with Gasteiger partial charge >= 0.3 is 6.18 Å². The number of halogens is 4. The van der Waals surface area contributed by atoms with Crippen LogP contribution in [0, 0.1) is 0 Å². The third kappa shape index (κ3) is 3.21. The predicted octanol–water partition coefficient (Wildman–Crippen LogP) is 3.61. The van der Waals surface area contributed by atoms with E-state index in [9.17, 15) is 13.2 Å². The van der Waals surface area contributed by atoms with Crippen molar-refractivity contribution in [3.63, 3.8) is 0 Å². The van der Waals surface area contributed by atoms with Gasteiger partial charge in [0.15, 0.2) is 0 Å². The van der Waals surface area contributed by atoms with Crippen LogP contribution < -0.4 is 0 Å². The van der Waals surface area contributed by atoms with E-state index >= 15 is 0 Å². The highest BCUT2D eigenvalue weighted by atomic mass is 79.9. The van der Waals surface area contributed by atoms with E-state index in [0.717, 1.165) is 9.37 Å². The van der Waals surface area contributed by atoms with Gasteiger partial charge in [0.1, 0.15) is 6.04 Å². The topological polar surface area (TPSA) is 3.24 Å². The number of rotatable bonds is 2. The Morgan fingerprint density at radius 2 is 1.60 bits per heavy atom. The maximum atomic E-state index is 12.7. The van der Waals surface area contributed by atoms with Crippen molar-refractivity contribution in [3.8, 4) is 0 Å². The molecule has 0 radical (unpaired) electrons. The van der Waals surface area contributed by atoms with Crippen LogP contribution in [0.5, 0.6) is 0 Å². The second-order valence-corrected chi connectivity index (χ2v) is 4.37. The zero-order chi connectivity index (χ0) is 11.6. The smallest absolute Gasteiger partial charge is 0.295 e. The molecule has 0 heterocycles. The minimum absolute atomic E-state index is 0.246. The van der Waals surface area contributed by atoms with Crippen LogP contribution in [0.3, 0.4) is 0 Å². The first-order valence-corrected chi connectivity index (χ1v) is 5.10. The Labute approximate surface area is 95.0 Å². The molecule has 1 rings (SSSR count). The molecule has 1 unspecified atom stereocenters. The van der Waals surface area contributed by atoms with E-state index in [2.05, 4.69) is 15.9 Å². The summed E-state index contributed by atoms with van der Waals surface area (Å²) in [5.41, 5.74) is 0.246. The van der Waals surface area contributed by atoms with E-state index in [1.54, 1.807) is 12.1 Å². The summed E-state index contributed by atoms with van der Waals surface area (Å²) in [4.78, 5) is 1.16. The van der Waals surface area contributed by atoms with Crippen LogP contribution in [0.15, 0.2) is 28.7 Å². The Morgan fingerprint density at radius 1 is 1.13 bits per heavy atom. The molecule has 0 aliphatic carbocycles. The van der Waals surface area contributed by atoms with Crippen LogP contribution in [-0.4, -0.2) is 25.2 Å². The third-order valence-corrected chi connectivity index (χ3v) is 2.54. The quantitative estimate of drug-likeness (QED) is 0.801. The highest BCUT2D eigenvalue weighted by Crippen LogP contribution is 2.36. The molecule has 0 fully saturated rings. The SMILES string of the molecule is CN(C)C(c1ccc(Br)cc1)C(F)(F)F. The minimum Gasteiger partial charge on any atom is -0.295 e. The minimum atomic E-state index is -4.25. The van der Waals surface area contributed by atoms with Crippen LogP contribution in [0.1, 0.15) is 11.6 Å². The summed E-state index contributed by atoms with van der Waals surface area (Å²) in [6.45, 7) is 0. The van der Waals surface area contributed by atoms with Gasteiger partial charge < -0.3 is 0 Å². The van der Waals surface area contributed by atoms with Crippen LogP contribution in [0.4, 0.5) is 13.2 Å². The van der Waals surface area contributed by atoms with Crippen molar-refractivity contribution < 1.29 is 13.2 Å². The average Bonchev–Trinajstić information content (AvgIpc) is 2.05. The van der Waals surface area contributed by atoms with Gasteiger partial charge in [0.2, 0.25) is 0 Å². The summed E-state index contributed by atoms with van der Waals surface area (Å²) < 4.78 is 38.9. The Hall–Kier alpha value is -0.550. The summed E-state index contributed by atoms with van der Waals surface area (Å²) in [5.74, 6) is 0. The van der Waals surface area contributed by atoms with Crippen LogP contribution >= 0.6 is 15.9 Å². The molecule has 1 nitrogen and oxygen atoms in total. The largest absolute Gasteiger partial charge is 0.408 e. The Bertz CT molecular complexity index is 318. The van der Waals surface area contributed by atoms with Crippen molar-refractivity contribution >= 4 is 15.9 Å². The lowest BCUT2D eigenvalue weighted by Gasteiger charge is -2.26. The monoisotopic (exact) mass is 281 g/mol. The fourth-order valence-corrected chi connectivity index (χ4v) is 1.69. The number of nitrogens with zero attached hydrogens (tertiary/aromatic N) is 1. The molecule has 0 amide bonds. The van der Waals surface area contributed by atoms with Gasteiger partial charge in [-0.3, -0.25) is 4.90 Å². The summed E-state index contributed by atoms with van der Waals surface area (Å²) in [7, 11) is 2.83. The fourth-order valence-electron chi connectivity index (χ4n) is 1.42.